The Morgan fingerprint density at radius 3 is 2.73 bits per heavy atom. The number of halogens is 1. The molecule has 0 aromatic heterocycles. The zero-order chi connectivity index (χ0) is 11.4. The number of thiol groups is 1. The van der Waals surface area contributed by atoms with Crippen molar-refractivity contribution in [2.45, 2.75) is 17.2 Å². The number of benzene rings is 1. The molecule has 0 aliphatic heterocycles. The van der Waals surface area contributed by atoms with E-state index in [4.69, 9.17) is 22.0 Å². The van der Waals surface area contributed by atoms with Gasteiger partial charge in [-0.15, -0.1) is 24.2 Å². The van der Waals surface area contributed by atoms with Crippen molar-refractivity contribution >= 4 is 30.2 Å². The minimum atomic E-state index is -0.940. The highest BCUT2D eigenvalue weighted by Gasteiger charge is 2.09. The average Bonchev–Trinajstić information content (AvgIpc) is 2.15. The molecule has 0 saturated carbocycles. The van der Waals surface area contributed by atoms with Crippen LogP contribution in [0.1, 0.15) is 16.7 Å². The van der Waals surface area contributed by atoms with Gasteiger partial charge in [0.15, 0.2) is 0 Å². The van der Waals surface area contributed by atoms with Crippen molar-refractivity contribution in [3.05, 3.63) is 28.8 Å². The molecule has 0 heterocycles. The summed E-state index contributed by atoms with van der Waals surface area (Å²) in [6.07, 6.45) is -0.120. The van der Waals surface area contributed by atoms with Gasteiger partial charge in [0.1, 0.15) is 0 Å². The van der Waals surface area contributed by atoms with E-state index >= 15 is 0 Å². The van der Waals surface area contributed by atoms with Crippen LogP contribution in [0.5, 0.6) is 0 Å². The number of nitrogens with zero attached hydrogens (tertiary/aromatic N) is 1. The molecule has 0 aliphatic carbocycles. The zero-order valence-electron chi connectivity index (χ0n) is 7.70. The summed E-state index contributed by atoms with van der Waals surface area (Å²) in [7, 11) is 0. The quantitative estimate of drug-likeness (QED) is 0.630. The fourth-order valence-electron chi connectivity index (χ4n) is 1.23. The molecule has 0 spiro atoms. The second-order valence-corrected chi connectivity index (χ2v) is 3.71. The molecule has 0 radical (unpaired) electrons. The molecule has 0 atom stereocenters. The van der Waals surface area contributed by atoms with E-state index in [0.29, 0.717) is 21.6 Å². The normalized spacial score (nSPS) is 9.67. The zero-order valence-corrected chi connectivity index (χ0v) is 9.35. The van der Waals surface area contributed by atoms with Crippen molar-refractivity contribution in [1.82, 2.24) is 0 Å². The Balaban J connectivity index is 3.21. The maximum absolute atomic E-state index is 10.5. The molecule has 1 aromatic rings. The van der Waals surface area contributed by atoms with Gasteiger partial charge in [0.05, 0.1) is 18.1 Å². The van der Waals surface area contributed by atoms with Gasteiger partial charge in [-0.05, 0) is 23.3 Å². The van der Waals surface area contributed by atoms with E-state index in [1.54, 1.807) is 6.07 Å². The summed E-state index contributed by atoms with van der Waals surface area (Å²) in [5.74, 6) is -0.750. The van der Waals surface area contributed by atoms with E-state index in [9.17, 15) is 4.79 Å². The first-order valence-electron chi connectivity index (χ1n) is 4.11. The molecule has 0 fully saturated rings. The molecule has 0 saturated heterocycles. The largest absolute Gasteiger partial charge is 0.481 e. The van der Waals surface area contributed by atoms with E-state index in [1.807, 2.05) is 6.07 Å². The van der Waals surface area contributed by atoms with E-state index in [-0.39, 0.29) is 12.3 Å². The topological polar surface area (TPSA) is 61.1 Å². The van der Waals surface area contributed by atoms with E-state index < -0.39 is 5.97 Å². The van der Waals surface area contributed by atoms with E-state index in [0.717, 1.165) is 0 Å². The third kappa shape index (κ3) is 2.88. The molecule has 1 N–H and O–H groups in total. The van der Waals surface area contributed by atoms with Crippen LogP contribution < -0.4 is 0 Å². The fraction of sp³-hybridized carbons (Fsp3) is 0.200. The van der Waals surface area contributed by atoms with E-state index in [1.165, 1.54) is 6.07 Å². The van der Waals surface area contributed by atoms with Gasteiger partial charge in [-0.2, -0.15) is 5.26 Å². The summed E-state index contributed by atoms with van der Waals surface area (Å²) in [6.45, 7) is 0. The highest BCUT2D eigenvalue weighted by Crippen LogP contribution is 2.22. The first kappa shape index (κ1) is 11.9. The number of hydrogen-bond acceptors (Lipinski definition) is 3. The number of nitriles is 1. The maximum Gasteiger partial charge on any atom is 0.307 e. The Morgan fingerprint density at radius 1 is 1.60 bits per heavy atom. The number of carboxylic acids is 1. The molecule has 5 heteroatoms. The smallest absolute Gasteiger partial charge is 0.307 e. The van der Waals surface area contributed by atoms with Crippen LogP contribution in [0, 0.1) is 11.3 Å². The molecular weight excluding hydrogens is 234 g/mol. The van der Waals surface area contributed by atoms with Crippen molar-refractivity contribution in [2.24, 2.45) is 0 Å². The van der Waals surface area contributed by atoms with Gasteiger partial charge in [-0.25, -0.2) is 0 Å². The molecule has 0 unspecified atom stereocenters. The lowest BCUT2D eigenvalue weighted by Gasteiger charge is -2.06. The Morgan fingerprint density at radius 2 is 2.27 bits per heavy atom. The number of hydrogen-bond donors (Lipinski definition) is 2. The molecule has 0 bridgehead atoms. The van der Waals surface area contributed by atoms with Crippen LogP contribution >= 0.6 is 24.2 Å². The van der Waals surface area contributed by atoms with Gasteiger partial charge < -0.3 is 5.11 Å². The van der Waals surface area contributed by atoms with Gasteiger partial charge in [0.2, 0.25) is 0 Å². The van der Waals surface area contributed by atoms with Crippen LogP contribution in [0.3, 0.4) is 0 Å². The lowest BCUT2D eigenvalue weighted by atomic mass is 10.0. The first-order chi connectivity index (χ1) is 7.08. The molecule has 1 rings (SSSR count). The van der Waals surface area contributed by atoms with Crippen molar-refractivity contribution in [1.29, 1.82) is 5.26 Å². The van der Waals surface area contributed by atoms with Crippen molar-refractivity contribution in [3.63, 3.8) is 0 Å². The summed E-state index contributed by atoms with van der Waals surface area (Å²) in [4.78, 5) is 11.1. The SMILES string of the molecule is N#Cc1cc(CC(=O)O)cc(S)c1CCl. The number of carboxylic acid groups (broad SMARTS) is 1. The predicted octanol–water partition coefficient (Wildman–Crippen LogP) is 2.21. The third-order valence-electron chi connectivity index (χ3n) is 1.90. The van der Waals surface area contributed by atoms with Gasteiger partial charge in [-0.1, -0.05) is 0 Å². The number of carbonyl (C=O) groups is 1. The summed E-state index contributed by atoms with van der Waals surface area (Å²) >= 11 is 9.82. The number of rotatable bonds is 3. The van der Waals surface area contributed by atoms with Crippen LogP contribution in [-0.2, 0) is 17.1 Å². The lowest BCUT2D eigenvalue weighted by Crippen LogP contribution is -2.02. The first-order valence-corrected chi connectivity index (χ1v) is 5.09. The summed E-state index contributed by atoms with van der Waals surface area (Å²) in [5.41, 5.74) is 1.57. The number of aliphatic carboxylic acids is 1. The molecule has 1 aromatic carbocycles. The van der Waals surface area contributed by atoms with Crippen LogP contribution in [0.2, 0.25) is 0 Å². The second-order valence-electron chi connectivity index (χ2n) is 2.96. The van der Waals surface area contributed by atoms with Crippen LogP contribution in [0.25, 0.3) is 0 Å². The summed E-state index contributed by atoms with van der Waals surface area (Å²) in [6, 6.07) is 5.13. The van der Waals surface area contributed by atoms with Crippen LogP contribution in [0.4, 0.5) is 0 Å². The maximum atomic E-state index is 10.5. The lowest BCUT2D eigenvalue weighted by molar-refractivity contribution is -0.136. The highest BCUT2D eigenvalue weighted by molar-refractivity contribution is 7.80. The Bertz CT molecular complexity index is 440. The van der Waals surface area contributed by atoms with Crippen molar-refractivity contribution in [3.8, 4) is 6.07 Å². The summed E-state index contributed by atoms with van der Waals surface area (Å²) in [5, 5.41) is 17.5. The minimum absolute atomic E-state index is 0.120. The monoisotopic (exact) mass is 241 g/mol. The van der Waals surface area contributed by atoms with Crippen LogP contribution in [-0.4, -0.2) is 11.1 Å². The van der Waals surface area contributed by atoms with Gasteiger partial charge >= 0.3 is 5.97 Å². The third-order valence-corrected chi connectivity index (χ3v) is 2.56. The highest BCUT2D eigenvalue weighted by atomic mass is 35.5. The summed E-state index contributed by atoms with van der Waals surface area (Å²) < 4.78 is 0. The molecular formula is C10H8ClNO2S. The van der Waals surface area contributed by atoms with Gasteiger partial charge in [-0.3, -0.25) is 4.79 Å². The molecule has 78 valence electrons. The van der Waals surface area contributed by atoms with E-state index in [2.05, 4.69) is 12.6 Å². The van der Waals surface area contributed by atoms with Crippen LogP contribution in [0.15, 0.2) is 17.0 Å². The molecule has 0 amide bonds. The molecule has 3 nitrogen and oxygen atoms in total. The van der Waals surface area contributed by atoms with Gasteiger partial charge in [0, 0.05) is 10.8 Å². The fourth-order valence-corrected chi connectivity index (χ4v) is 1.98. The molecule has 15 heavy (non-hydrogen) atoms. The standard InChI is InChI=1S/C10H8ClNO2S/c11-4-8-7(5-12)1-6(2-9(8)15)3-10(13)14/h1-2,15H,3-4H2,(H,13,14). The predicted molar refractivity (Wildman–Crippen MR) is 59.3 cm³/mol. The molecule has 0 aliphatic rings. The average molecular weight is 242 g/mol. The Kier molecular flexibility index (Phi) is 4.01. The Labute approximate surface area is 97.7 Å². The second kappa shape index (κ2) is 5.06. The van der Waals surface area contributed by atoms with Crippen molar-refractivity contribution in [2.75, 3.05) is 0 Å². The van der Waals surface area contributed by atoms with Gasteiger partial charge in [0.25, 0.3) is 0 Å². The minimum Gasteiger partial charge on any atom is -0.481 e. The Hall–Kier alpha value is -1.18. The van der Waals surface area contributed by atoms with Crippen molar-refractivity contribution < 1.29 is 9.90 Å². The number of alkyl halides is 1.